The molecule has 0 unspecified atom stereocenters. The number of thioether (sulfide) groups is 1. The van der Waals surface area contributed by atoms with E-state index < -0.39 is 11.8 Å². The molecule has 5 rings (SSSR count). The van der Waals surface area contributed by atoms with Crippen LogP contribution in [0.5, 0.6) is 0 Å². The van der Waals surface area contributed by atoms with Gasteiger partial charge in [0.25, 0.3) is 11.8 Å². The summed E-state index contributed by atoms with van der Waals surface area (Å²) in [4.78, 5) is 28.7. The molecule has 0 aliphatic carbocycles. The molecule has 1 fully saturated rings. The zero-order chi connectivity index (χ0) is 25.2. The van der Waals surface area contributed by atoms with Gasteiger partial charge >= 0.3 is 0 Å². The van der Waals surface area contributed by atoms with E-state index >= 15 is 0 Å². The number of hydrogen-bond donors (Lipinski definition) is 1. The van der Waals surface area contributed by atoms with Crippen molar-refractivity contribution in [3.63, 3.8) is 0 Å². The summed E-state index contributed by atoms with van der Waals surface area (Å²) >= 11 is 16.4. The molecular formula is C27H19BrClN3O2S2. The monoisotopic (exact) mass is 595 g/mol. The van der Waals surface area contributed by atoms with Crippen molar-refractivity contribution in [2.24, 2.45) is 0 Å². The maximum atomic E-state index is 13.4. The number of aromatic nitrogens is 1. The number of aryl methyl sites for hydroxylation is 1. The maximum absolute atomic E-state index is 13.4. The Hall–Kier alpha value is -2.91. The van der Waals surface area contributed by atoms with Crippen LogP contribution in [0.25, 0.3) is 17.0 Å². The van der Waals surface area contributed by atoms with Crippen LogP contribution < -0.4 is 10.2 Å². The van der Waals surface area contributed by atoms with Gasteiger partial charge < -0.3 is 4.57 Å². The summed E-state index contributed by atoms with van der Waals surface area (Å²) in [5.41, 5.74) is 2.44. The van der Waals surface area contributed by atoms with E-state index in [-0.39, 0.29) is 10.7 Å². The second-order valence-corrected chi connectivity index (χ2v) is 10.9. The Morgan fingerprint density at radius 3 is 2.47 bits per heavy atom. The molecule has 1 aliphatic rings. The lowest BCUT2D eigenvalue weighted by atomic mass is 10.1. The molecule has 1 aliphatic heterocycles. The van der Waals surface area contributed by atoms with Gasteiger partial charge in [0, 0.05) is 49.4 Å². The number of fused-ring (bicyclic) bond motifs is 1. The molecule has 4 aromatic rings. The van der Waals surface area contributed by atoms with Crippen molar-refractivity contribution in [2.45, 2.75) is 11.4 Å². The van der Waals surface area contributed by atoms with Gasteiger partial charge in [0.15, 0.2) is 5.11 Å². The van der Waals surface area contributed by atoms with E-state index in [1.807, 2.05) is 66.9 Å². The van der Waals surface area contributed by atoms with E-state index in [4.69, 9.17) is 23.8 Å². The van der Waals surface area contributed by atoms with Crippen LogP contribution in [0.3, 0.4) is 0 Å². The molecule has 9 heteroatoms. The number of benzene rings is 3. The Kier molecular flexibility index (Phi) is 7.29. The smallest absolute Gasteiger partial charge is 0.270 e. The van der Waals surface area contributed by atoms with Crippen LogP contribution in [-0.2, 0) is 16.1 Å². The Balaban J connectivity index is 1.44. The average Bonchev–Trinajstić information content (AvgIpc) is 3.21. The van der Waals surface area contributed by atoms with Crippen LogP contribution in [-0.4, -0.2) is 27.2 Å². The first kappa shape index (κ1) is 24.8. The molecule has 2 amide bonds. The lowest BCUT2D eigenvalue weighted by Crippen LogP contribution is -2.54. The third-order valence-electron chi connectivity index (χ3n) is 5.72. The van der Waals surface area contributed by atoms with Crippen molar-refractivity contribution in [1.29, 1.82) is 0 Å². The van der Waals surface area contributed by atoms with E-state index in [0.717, 1.165) is 38.1 Å². The quantitative estimate of drug-likeness (QED) is 0.117. The minimum Gasteiger partial charge on any atom is -0.346 e. The second kappa shape index (κ2) is 10.6. The standard InChI is InChI=1S/C27H19BrClN3O2S2/c28-18-5-9-20(10-6-18)32-26(34)23(25(33)30-27(32)35)15-17-16-31(24-4-2-1-3-22(17)24)13-14-36-21-11-7-19(29)8-12-21/h1-12,15-16H,13-14H2,(H,30,33,35)/b23-15+. The Bertz CT molecular complexity index is 1510. The third-order valence-corrected chi connectivity index (χ3v) is 7.78. The number of amides is 2. The summed E-state index contributed by atoms with van der Waals surface area (Å²) in [6, 6.07) is 22.9. The van der Waals surface area contributed by atoms with E-state index in [1.54, 1.807) is 30.0 Å². The number of nitrogens with one attached hydrogen (secondary N) is 1. The van der Waals surface area contributed by atoms with Gasteiger partial charge in [0.1, 0.15) is 5.57 Å². The first-order chi connectivity index (χ1) is 17.4. The fourth-order valence-corrected chi connectivity index (χ4v) is 5.53. The number of halogens is 2. The molecule has 1 aromatic heterocycles. The fraction of sp³-hybridized carbons (Fsp3) is 0.0741. The highest BCUT2D eigenvalue weighted by Crippen LogP contribution is 2.28. The van der Waals surface area contributed by atoms with Gasteiger partial charge in [-0.3, -0.25) is 19.8 Å². The van der Waals surface area contributed by atoms with Gasteiger partial charge in [0.2, 0.25) is 0 Å². The summed E-state index contributed by atoms with van der Waals surface area (Å²) in [7, 11) is 0. The molecule has 2 heterocycles. The lowest BCUT2D eigenvalue weighted by Gasteiger charge is -2.28. The Morgan fingerprint density at radius 1 is 1.00 bits per heavy atom. The number of hydrogen-bond acceptors (Lipinski definition) is 4. The number of nitrogens with zero attached hydrogens (tertiary/aromatic N) is 2. The highest BCUT2D eigenvalue weighted by atomic mass is 79.9. The number of carbonyl (C=O) groups is 2. The van der Waals surface area contributed by atoms with Gasteiger partial charge in [-0.2, -0.15) is 0 Å². The summed E-state index contributed by atoms with van der Waals surface area (Å²) in [5, 5.41) is 4.39. The zero-order valence-corrected chi connectivity index (χ0v) is 22.8. The fourth-order valence-electron chi connectivity index (χ4n) is 4.01. The molecule has 0 bridgehead atoms. The number of thiocarbonyl (C=S) groups is 1. The van der Waals surface area contributed by atoms with Crippen LogP contribution in [0.2, 0.25) is 5.02 Å². The lowest BCUT2D eigenvalue weighted by molar-refractivity contribution is -0.122. The number of rotatable bonds is 6. The van der Waals surface area contributed by atoms with Crippen LogP contribution in [0.4, 0.5) is 5.69 Å². The van der Waals surface area contributed by atoms with E-state index in [1.165, 1.54) is 4.90 Å². The van der Waals surface area contributed by atoms with Gasteiger partial charge in [0.05, 0.1) is 5.69 Å². The number of para-hydroxylation sites is 1. The van der Waals surface area contributed by atoms with Crippen LogP contribution in [0, 0.1) is 0 Å². The van der Waals surface area contributed by atoms with Crippen molar-refractivity contribution in [3.8, 4) is 0 Å². The summed E-state index contributed by atoms with van der Waals surface area (Å²) < 4.78 is 3.02. The molecule has 5 nitrogen and oxygen atoms in total. The Labute approximate surface area is 231 Å². The van der Waals surface area contributed by atoms with E-state index in [2.05, 4.69) is 25.8 Å². The molecule has 3 aromatic carbocycles. The van der Waals surface area contributed by atoms with E-state index in [9.17, 15) is 9.59 Å². The molecule has 0 atom stereocenters. The predicted octanol–water partition coefficient (Wildman–Crippen LogP) is 6.68. The third kappa shape index (κ3) is 5.13. The van der Waals surface area contributed by atoms with Crippen LogP contribution in [0.15, 0.2) is 93.9 Å². The number of carbonyl (C=O) groups excluding carboxylic acids is 2. The first-order valence-electron chi connectivity index (χ1n) is 11.0. The molecular weight excluding hydrogens is 578 g/mol. The van der Waals surface area contributed by atoms with Crippen LogP contribution >= 0.6 is 51.5 Å². The maximum Gasteiger partial charge on any atom is 0.270 e. The van der Waals surface area contributed by atoms with Crippen molar-refractivity contribution < 1.29 is 9.59 Å². The molecule has 1 saturated heterocycles. The van der Waals surface area contributed by atoms with Gasteiger partial charge in [-0.1, -0.05) is 45.7 Å². The molecule has 180 valence electrons. The topological polar surface area (TPSA) is 54.3 Å². The van der Waals surface area contributed by atoms with Crippen molar-refractivity contribution in [1.82, 2.24) is 9.88 Å². The highest BCUT2D eigenvalue weighted by Gasteiger charge is 2.34. The zero-order valence-electron chi connectivity index (χ0n) is 18.8. The Morgan fingerprint density at radius 2 is 1.72 bits per heavy atom. The van der Waals surface area contributed by atoms with Gasteiger partial charge in [-0.05, 0) is 72.9 Å². The van der Waals surface area contributed by atoms with Crippen molar-refractivity contribution in [3.05, 3.63) is 99.6 Å². The predicted molar refractivity (Wildman–Crippen MR) is 154 cm³/mol. The first-order valence-corrected chi connectivity index (χ1v) is 13.6. The minimum absolute atomic E-state index is 0.0324. The van der Waals surface area contributed by atoms with Crippen molar-refractivity contribution >= 4 is 91.1 Å². The highest BCUT2D eigenvalue weighted by molar-refractivity contribution is 9.10. The van der Waals surface area contributed by atoms with Gasteiger partial charge in [-0.25, -0.2) is 0 Å². The molecule has 0 radical (unpaired) electrons. The average molecular weight is 597 g/mol. The SMILES string of the molecule is O=C1NC(=S)N(c2ccc(Br)cc2)C(=O)/C1=C/c1cn(CCSc2ccc(Cl)cc2)c2ccccc12. The molecule has 36 heavy (non-hydrogen) atoms. The summed E-state index contributed by atoms with van der Waals surface area (Å²) in [5.74, 6) is -0.115. The largest absolute Gasteiger partial charge is 0.346 e. The molecule has 1 N–H and O–H groups in total. The number of anilines is 1. The normalized spacial score (nSPS) is 15.1. The summed E-state index contributed by atoms with van der Waals surface area (Å²) in [6.45, 7) is 0.756. The minimum atomic E-state index is -0.506. The van der Waals surface area contributed by atoms with Gasteiger partial charge in [-0.15, -0.1) is 11.8 Å². The second-order valence-electron chi connectivity index (χ2n) is 8.03. The van der Waals surface area contributed by atoms with Crippen molar-refractivity contribution in [2.75, 3.05) is 10.7 Å². The molecule has 0 spiro atoms. The van der Waals surface area contributed by atoms with E-state index in [0.29, 0.717) is 10.7 Å². The van der Waals surface area contributed by atoms with Crippen LogP contribution in [0.1, 0.15) is 5.56 Å². The molecule has 0 saturated carbocycles. The summed E-state index contributed by atoms with van der Waals surface area (Å²) in [6.07, 6.45) is 3.63.